The van der Waals surface area contributed by atoms with E-state index in [-0.39, 0.29) is 127 Å². The molecule has 572 valence electrons. The Morgan fingerprint density at radius 1 is 0.411 bits per heavy atom. The van der Waals surface area contributed by atoms with Crippen LogP contribution in [0.4, 0.5) is 17.6 Å². The largest absolute Gasteiger partial charge is 2.00 e. The number of nitrogens with zero attached hydrogens (tertiary/aromatic N) is 8. The van der Waals surface area contributed by atoms with Crippen molar-refractivity contribution in [3.05, 3.63) is 287 Å². The molecule has 10 nitrogen and oxygen atoms in total. The number of pyridine rings is 4. The Balaban J connectivity index is 0.000000299. The van der Waals surface area contributed by atoms with Crippen molar-refractivity contribution in [1.82, 2.24) is 39.9 Å². The molecule has 8 bridgehead atoms. The van der Waals surface area contributed by atoms with Crippen molar-refractivity contribution in [3.63, 3.8) is 0 Å². The van der Waals surface area contributed by atoms with E-state index in [9.17, 15) is 17.6 Å². The monoisotopic (exact) mass is 2090 g/mol. The standard InChI is InChI=1S/C36H44N4.C13H8NS.2C11H6F2N.C11H8N.C5H12O2.3Pd.2Pt/c1-9-21-22(10-2)30-18-32-25(13-5)26(14-6)34(39-32)20-36-28(16-8)27(15-7)35(40-36)19-33-24(12-4)23(11-3)31(38-33)17-29(21)37-30;1-2-7-12-10(5-1)9-13(15-12)11-6-3-4-8-14-11;2*12-8-4-5-9(10(13)7-8)11-3-1-2-6-14-11;1-2-6-10(7-3-1)11-8-4-5-9-12-11;1-4(6)3-5(2)7;;;;;/h17-20H,9-16H2,1-8H3;1-8H;2*1-4,6-7H;1-6,8-9H;4-7H,3H2,1-2H3;;;;;/q-2;4*-1;;;;;;+2. The molecule has 0 fully saturated rings. The second-order valence-electron chi connectivity index (χ2n) is 24.0. The number of aromatic nitrogens is 8. The SMILES string of the molecule is CC(O)CC(C)O.CCC1=C(CC)c2cc3[n-]c(cc4nc(cc5[n-]c(cc1n2)c(CC)c5CC)C(CC)=C4CC)c(CC)c3CC.Fc1c[c-]c(-c2ccccn2)c(F)c1.Fc1c[c-]c(-c2ccccn2)c(F)c1.[Pd].[Pd].[Pd].[Pt+2].[Pt].[c-]1c(-c2ccccn2)sc2ccccc12.[c-]1ccccc1-c1ccccn1. The van der Waals surface area contributed by atoms with E-state index in [4.69, 9.17) is 30.1 Å². The van der Waals surface area contributed by atoms with Gasteiger partial charge in [0.05, 0.1) is 35.0 Å². The van der Waals surface area contributed by atoms with Gasteiger partial charge in [0, 0.05) is 136 Å². The van der Waals surface area contributed by atoms with E-state index in [1.807, 2.05) is 72.9 Å². The van der Waals surface area contributed by atoms with Gasteiger partial charge in [-0.05, 0) is 145 Å². The fourth-order valence-electron chi connectivity index (χ4n) is 12.3. The third kappa shape index (κ3) is 24.8. The smallest absolute Gasteiger partial charge is 0.657 e. The average molecular weight is 2090 g/mol. The molecule has 2 N–H and O–H groups in total. The minimum absolute atomic E-state index is 0. The van der Waals surface area contributed by atoms with Crippen molar-refractivity contribution in [3.8, 4) is 44.3 Å². The summed E-state index contributed by atoms with van der Waals surface area (Å²) in [7, 11) is 0. The molecule has 0 saturated heterocycles. The van der Waals surface area contributed by atoms with Crippen molar-refractivity contribution < 1.29 is 131 Å². The van der Waals surface area contributed by atoms with Crippen molar-refractivity contribution in [2.24, 2.45) is 0 Å². The number of halogens is 4. The predicted octanol–water partition coefficient (Wildman–Crippen LogP) is 21.4. The van der Waals surface area contributed by atoms with Gasteiger partial charge in [0.1, 0.15) is 0 Å². The number of allylic oxidation sites excluding steroid dienone is 4. The molecule has 0 saturated carbocycles. The van der Waals surface area contributed by atoms with Crippen LogP contribution >= 0.6 is 11.3 Å². The van der Waals surface area contributed by atoms with Crippen LogP contribution in [-0.2, 0) is 129 Å². The first-order chi connectivity index (χ1) is 49.5. The molecule has 2 atom stereocenters. The Morgan fingerprint density at radius 2 is 0.757 bits per heavy atom. The van der Waals surface area contributed by atoms with Gasteiger partial charge in [-0.2, -0.15) is 0 Å². The van der Waals surface area contributed by atoms with E-state index in [1.54, 1.807) is 80.2 Å². The molecule has 14 rings (SSSR count). The van der Waals surface area contributed by atoms with Crippen LogP contribution in [0.3, 0.4) is 0 Å². The Bertz CT molecular complexity index is 4570. The summed E-state index contributed by atoms with van der Waals surface area (Å²) in [5, 5.41) is 18.3. The van der Waals surface area contributed by atoms with Crippen molar-refractivity contribution >= 4 is 65.8 Å². The van der Waals surface area contributed by atoms with Crippen LogP contribution < -0.4 is 9.97 Å². The molecular formula is C87H84F4N8O2Pd3Pt2S-4. The quantitative estimate of drug-likeness (QED) is 0.0613. The topological polar surface area (TPSA) is 146 Å². The molecule has 8 aromatic heterocycles. The number of aliphatic hydroxyl groups is 2. The van der Waals surface area contributed by atoms with Gasteiger partial charge in [0.15, 0.2) is 0 Å². The fourth-order valence-corrected chi connectivity index (χ4v) is 13.3. The molecule has 0 spiro atoms. The minimum atomic E-state index is -0.649. The minimum Gasteiger partial charge on any atom is -0.657 e. The first-order valence-electron chi connectivity index (χ1n) is 34.8. The Hall–Kier alpha value is -6.96. The van der Waals surface area contributed by atoms with Gasteiger partial charge in [-0.25, -0.2) is 21.3 Å². The van der Waals surface area contributed by atoms with Crippen LogP contribution in [0.5, 0.6) is 0 Å². The molecule has 4 aromatic carbocycles. The summed E-state index contributed by atoms with van der Waals surface area (Å²) in [6.45, 7) is 21.3. The van der Waals surface area contributed by atoms with Gasteiger partial charge in [0.25, 0.3) is 0 Å². The number of rotatable bonds is 14. The Kier molecular flexibility index (Phi) is 40.2. The van der Waals surface area contributed by atoms with Crippen LogP contribution in [0.25, 0.3) is 98.8 Å². The second kappa shape index (κ2) is 46.5. The van der Waals surface area contributed by atoms with E-state index in [1.165, 1.54) is 54.6 Å². The number of hydrogen-bond acceptors (Lipinski definition) is 9. The van der Waals surface area contributed by atoms with Gasteiger partial charge < -0.3 is 40.1 Å². The summed E-state index contributed by atoms with van der Waals surface area (Å²) >= 11 is 1.73. The summed E-state index contributed by atoms with van der Waals surface area (Å²) in [4.78, 5) is 38.6. The first kappa shape index (κ1) is 92.4. The molecule has 2 unspecified atom stereocenters. The van der Waals surface area contributed by atoms with Gasteiger partial charge in [-0.15, -0.1) is 106 Å². The predicted molar refractivity (Wildman–Crippen MR) is 408 cm³/mol. The second-order valence-corrected chi connectivity index (χ2v) is 25.0. The maximum absolute atomic E-state index is 13.2. The third-order valence-corrected chi connectivity index (χ3v) is 18.0. The number of aliphatic hydroxyl groups excluding tert-OH is 2. The van der Waals surface area contributed by atoms with Gasteiger partial charge >= 0.3 is 21.1 Å². The zero-order chi connectivity index (χ0) is 72.7. The molecular weight excluding hydrogens is 2010 g/mol. The molecule has 0 amide bonds. The van der Waals surface area contributed by atoms with Gasteiger partial charge in [0.2, 0.25) is 0 Å². The zero-order valence-electron chi connectivity index (χ0n) is 61.0. The van der Waals surface area contributed by atoms with E-state index >= 15 is 0 Å². The van der Waals surface area contributed by atoms with Crippen molar-refractivity contribution in [1.29, 1.82) is 0 Å². The summed E-state index contributed by atoms with van der Waals surface area (Å²) in [6, 6.07) is 62.4. The summed E-state index contributed by atoms with van der Waals surface area (Å²) in [5.74, 6) is -2.57. The molecule has 2 aliphatic heterocycles. The Morgan fingerprint density at radius 3 is 1.06 bits per heavy atom. The van der Waals surface area contributed by atoms with E-state index in [0.717, 1.165) is 142 Å². The molecule has 0 aliphatic carbocycles. The van der Waals surface area contributed by atoms with E-state index < -0.39 is 23.3 Å². The molecule has 2 aliphatic rings. The Labute approximate surface area is 701 Å². The normalized spacial score (nSPS) is 11.6. The molecule has 12 aromatic rings. The maximum Gasteiger partial charge on any atom is 2.00 e. The molecule has 20 heteroatoms. The van der Waals surface area contributed by atoms with Crippen molar-refractivity contribution in [2.45, 2.75) is 139 Å². The average Bonchev–Trinajstić information content (AvgIpc) is 1.62. The third-order valence-electron chi connectivity index (χ3n) is 17.0. The molecule has 10 heterocycles. The molecule has 0 radical (unpaired) electrons. The number of fused-ring (bicyclic) bond motifs is 9. The summed E-state index contributed by atoms with van der Waals surface area (Å²) in [6.07, 6.45) is 14.0. The van der Waals surface area contributed by atoms with Crippen LogP contribution in [0, 0.1) is 47.5 Å². The van der Waals surface area contributed by atoms with Crippen LogP contribution in [0.1, 0.15) is 146 Å². The number of hydrogen-bond donors (Lipinski definition) is 2. The zero-order valence-corrected chi connectivity index (χ0v) is 71.0. The number of thiophene rings is 1. The first-order valence-corrected chi connectivity index (χ1v) is 35.6. The summed E-state index contributed by atoms with van der Waals surface area (Å²) in [5.41, 5.74) is 23.4. The number of aryl methyl sites for hydroxylation is 4. The van der Waals surface area contributed by atoms with Crippen LogP contribution in [0.15, 0.2) is 195 Å². The van der Waals surface area contributed by atoms with Crippen molar-refractivity contribution in [2.75, 3.05) is 0 Å². The van der Waals surface area contributed by atoms with Crippen LogP contribution in [0.2, 0.25) is 0 Å². The van der Waals surface area contributed by atoms with Crippen LogP contribution in [-0.4, -0.2) is 52.3 Å². The fraction of sp³-hybridized carbons (Fsp3) is 0.241. The number of benzene rings is 4. The van der Waals surface area contributed by atoms with Gasteiger partial charge in [-0.3, -0.25) is 17.6 Å². The maximum atomic E-state index is 13.2. The van der Waals surface area contributed by atoms with E-state index in [0.29, 0.717) is 17.8 Å². The molecule has 107 heavy (non-hydrogen) atoms. The van der Waals surface area contributed by atoms with Gasteiger partial charge in [-0.1, -0.05) is 186 Å². The van der Waals surface area contributed by atoms with E-state index in [2.05, 4.69) is 142 Å². The summed E-state index contributed by atoms with van der Waals surface area (Å²) < 4.78 is 52.9.